The molecule has 1 N–H and O–H groups in total. The van der Waals surface area contributed by atoms with Crippen molar-refractivity contribution in [1.82, 2.24) is 10.2 Å². The van der Waals surface area contributed by atoms with Crippen molar-refractivity contribution in [2.45, 2.75) is 45.8 Å². The Morgan fingerprint density at radius 2 is 1.63 bits per heavy atom. The van der Waals surface area contributed by atoms with Crippen LogP contribution in [0, 0.1) is 5.82 Å². The molecule has 162 valence electrons. The smallest absolute Gasteiger partial charge is 0.261 e. The van der Waals surface area contributed by atoms with Crippen LogP contribution in [0.1, 0.15) is 32.8 Å². The average Bonchev–Trinajstić information content (AvgIpc) is 2.76. The van der Waals surface area contributed by atoms with E-state index in [9.17, 15) is 14.0 Å². The fraction of sp³-hybridized carbons (Fsp3) is 0.391. The summed E-state index contributed by atoms with van der Waals surface area (Å²) in [4.78, 5) is 27.0. The van der Waals surface area contributed by atoms with Gasteiger partial charge in [0.1, 0.15) is 23.4 Å². The molecule has 0 bridgehead atoms. The lowest BCUT2D eigenvalue weighted by Crippen LogP contribution is -2.50. The van der Waals surface area contributed by atoms with Crippen molar-refractivity contribution in [3.05, 3.63) is 59.9 Å². The monoisotopic (exact) mass is 416 g/mol. The predicted molar refractivity (Wildman–Crippen MR) is 113 cm³/mol. The quantitative estimate of drug-likeness (QED) is 0.643. The van der Waals surface area contributed by atoms with Crippen molar-refractivity contribution < 1.29 is 23.5 Å². The predicted octanol–water partition coefficient (Wildman–Crippen LogP) is 3.55. The minimum atomic E-state index is -0.712. The molecule has 30 heavy (non-hydrogen) atoms. The molecule has 7 heteroatoms. The molecule has 0 saturated heterocycles. The highest BCUT2D eigenvalue weighted by Crippen LogP contribution is 2.18. The summed E-state index contributed by atoms with van der Waals surface area (Å²) in [6.07, 6.45) is 0.783. The van der Waals surface area contributed by atoms with Gasteiger partial charge in [-0.05, 0) is 62.2 Å². The van der Waals surface area contributed by atoms with Crippen molar-refractivity contribution in [1.29, 1.82) is 0 Å². The highest BCUT2D eigenvalue weighted by Gasteiger charge is 2.27. The van der Waals surface area contributed by atoms with E-state index in [0.29, 0.717) is 11.5 Å². The highest BCUT2D eigenvalue weighted by molar-refractivity contribution is 5.88. The van der Waals surface area contributed by atoms with Gasteiger partial charge < -0.3 is 19.7 Å². The summed E-state index contributed by atoms with van der Waals surface area (Å²) < 4.78 is 23.9. The minimum Gasteiger partial charge on any atom is -0.497 e. The molecule has 0 unspecified atom stereocenters. The molecule has 0 fully saturated rings. The van der Waals surface area contributed by atoms with E-state index < -0.39 is 6.04 Å². The number of amides is 2. The van der Waals surface area contributed by atoms with Gasteiger partial charge in [0.2, 0.25) is 5.91 Å². The standard InChI is InChI=1S/C23H29FN2O4/c1-5-16(2)25-23(28)17(3)26(14-18-6-8-19(24)9-7-18)22(27)15-30-21-12-10-20(29-4)11-13-21/h6-13,16-17H,5,14-15H2,1-4H3,(H,25,28)/t16-,17+/m0/s1. The van der Waals surface area contributed by atoms with E-state index in [1.807, 2.05) is 13.8 Å². The number of benzene rings is 2. The molecule has 2 rings (SSSR count). The topological polar surface area (TPSA) is 67.9 Å². The lowest BCUT2D eigenvalue weighted by atomic mass is 10.1. The Morgan fingerprint density at radius 3 is 2.20 bits per heavy atom. The van der Waals surface area contributed by atoms with Crippen molar-refractivity contribution in [2.75, 3.05) is 13.7 Å². The van der Waals surface area contributed by atoms with E-state index in [4.69, 9.17) is 9.47 Å². The van der Waals surface area contributed by atoms with Gasteiger partial charge in [-0.25, -0.2) is 4.39 Å². The zero-order chi connectivity index (χ0) is 22.1. The molecule has 0 aliphatic rings. The molecular formula is C23H29FN2O4. The van der Waals surface area contributed by atoms with Crippen LogP contribution < -0.4 is 14.8 Å². The number of nitrogens with one attached hydrogen (secondary N) is 1. The second-order valence-electron chi connectivity index (χ2n) is 7.11. The average molecular weight is 416 g/mol. The van der Waals surface area contributed by atoms with Crippen LogP contribution in [0.5, 0.6) is 11.5 Å². The molecule has 0 aromatic heterocycles. The maximum absolute atomic E-state index is 13.2. The maximum atomic E-state index is 13.2. The Balaban J connectivity index is 2.12. The molecule has 2 aromatic carbocycles. The van der Waals surface area contributed by atoms with Gasteiger partial charge in [-0.3, -0.25) is 9.59 Å². The van der Waals surface area contributed by atoms with Gasteiger partial charge in [0.25, 0.3) is 5.91 Å². The summed E-state index contributed by atoms with van der Waals surface area (Å²) in [6, 6.07) is 12.0. The number of hydrogen-bond donors (Lipinski definition) is 1. The first-order valence-electron chi connectivity index (χ1n) is 9.95. The molecule has 2 aromatic rings. The van der Waals surface area contributed by atoms with E-state index in [1.165, 1.54) is 17.0 Å². The Kier molecular flexibility index (Phi) is 8.65. The van der Waals surface area contributed by atoms with E-state index in [2.05, 4.69) is 5.32 Å². The first-order valence-corrected chi connectivity index (χ1v) is 9.95. The third-order valence-corrected chi connectivity index (χ3v) is 4.86. The van der Waals surface area contributed by atoms with Gasteiger partial charge in [0.15, 0.2) is 6.61 Å². The van der Waals surface area contributed by atoms with Crippen LogP contribution in [0.25, 0.3) is 0 Å². The normalized spacial score (nSPS) is 12.6. The van der Waals surface area contributed by atoms with Crippen LogP contribution in [-0.2, 0) is 16.1 Å². The Morgan fingerprint density at radius 1 is 1.03 bits per heavy atom. The lowest BCUT2D eigenvalue weighted by molar-refractivity contribution is -0.142. The summed E-state index contributed by atoms with van der Waals surface area (Å²) in [6.45, 7) is 5.49. The summed E-state index contributed by atoms with van der Waals surface area (Å²) in [5, 5.41) is 2.90. The molecule has 0 heterocycles. The van der Waals surface area contributed by atoms with Crippen LogP contribution in [0.3, 0.4) is 0 Å². The Hall–Kier alpha value is -3.09. The molecular weight excluding hydrogens is 387 g/mol. The SMILES string of the molecule is CC[C@H](C)NC(=O)[C@@H](C)N(Cc1ccc(F)cc1)C(=O)COc1ccc(OC)cc1. The van der Waals surface area contributed by atoms with E-state index >= 15 is 0 Å². The molecule has 0 aliphatic heterocycles. The van der Waals surface area contributed by atoms with Crippen molar-refractivity contribution in [2.24, 2.45) is 0 Å². The molecule has 0 spiro atoms. The second kappa shape index (κ2) is 11.2. The summed E-state index contributed by atoms with van der Waals surface area (Å²) >= 11 is 0. The molecule has 2 amide bonds. The number of halogens is 1. The van der Waals surface area contributed by atoms with Crippen LogP contribution >= 0.6 is 0 Å². The third-order valence-electron chi connectivity index (χ3n) is 4.86. The molecule has 0 saturated carbocycles. The third kappa shape index (κ3) is 6.76. The fourth-order valence-electron chi connectivity index (χ4n) is 2.73. The van der Waals surface area contributed by atoms with Gasteiger partial charge in [-0.15, -0.1) is 0 Å². The van der Waals surface area contributed by atoms with Crippen molar-refractivity contribution in [3.63, 3.8) is 0 Å². The number of nitrogens with zero attached hydrogens (tertiary/aromatic N) is 1. The molecule has 0 aliphatic carbocycles. The number of methoxy groups -OCH3 is 1. The van der Waals surface area contributed by atoms with E-state index in [1.54, 1.807) is 50.4 Å². The van der Waals surface area contributed by atoms with Crippen LogP contribution in [-0.4, -0.2) is 42.5 Å². The number of carbonyl (C=O) groups excluding carboxylic acids is 2. The summed E-state index contributed by atoms with van der Waals surface area (Å²) in [5.41, 5.74) is 0.720. The largest absolute Gasteiger partial charge is 0.497 e. The number of ether oxygens (including phenoxy) is 2. The van der Waals surface area contributed by atoms with Gasteiger partial charge in [0, 0.05) is 12.6 Å². The molecule has 0 radical (unpaired) electrons. The first-order chi connectivity index (χ1) is 14.3. The van der Waals surface area contributed by atoms with Crippen LogP contribution in [0.2, 0.25) is 0 Å². The molecule has 6 nitrogen and oxygen atoms in total. The van der Waals surface area contributed by atoms with Crippen LogP contribution in [0.15, 0.2) is 48.5 Å². The van der Waals surface area contributed by atoms with Crippen LogP contribution in [0.4, 0.5) is 4.39 Å². The summed E-state index contributed by atoms with van der Waals surface area (Å²) in [5.74, 6) is 0.248. The zero-order valence-electron chi connectivity index (χ0n) is 17.9. The Bertz CT molecular complexity index is 824. The van der Waals surface area contributed by atoms with Crippen molar-refractivity contribution in [3.8, 4) is 11.5 Å². The van der Waals surface area contributed by atoms with Gasteiger partial charge in [-0.1, -0.05) is 19.1 Å². The highest BCUT2D eigenvalue weighted by atomic mass is 19.1. The van der Waals surface area contributed by atoms with Gasteiger partial charge >= 0.3 is 0 Å². The first kappa shape index (κ1) is 23.2. The minimum absolute atomic E-state index is 0.00160. The molecule has 2 atom stereocenters. The Labute approximate surface area is 177 Å². The van der Waals surface area contributed by atoms with Gasteiger partial charge in [0.05, 0.1) is 7.11 Å². The van der Waals surface area contributed by atoms with Crippen molar-refractivity contribution >= 4 is 11.8 Å². The number of carbonyl (C=O) groups is 2. The maximum Gasteiger partial charge on any atom is 0.261 e. The summed E-state index contributed by atoms with van der Waals surface area (Å²) in [7, 11) is 1.57. The lowest BCUT2D eigenvalue weighted by Gasteiger charge is -2.29. The number of hydrogen-bond acceptors (Lipinski definition) is 4. The second-order valence-corrected chi connectivity index (χ2v) is 7.11. The zero-order valence-corrected chi connectivity index (χ0v) is 17.9. The van der Waals surface area contributed by atoms with E-state index in [0.717, 1.165) is 12.0 Å². The van der Waals surface area contributed by atoms with E-state index in [-0.39, 0.29) is 36.8 Å². The number of rotatable bonds is 10. The fourth-order valence-corrected chi connectivity index (χ4v) is 2.73. The van der Waals surface area contributed by atoms with Gasteiger partial charge in [-0.2, -0.15) is 0 Å².